The highest BCUT2D eigenvalue weighted by molar-refractivity contribution is 5.70. The molecule has 7 heteroatoms. The van der Waals surface area contributed by atoms with Crippen molar-refractivity contribution in [1.29, 1.82) is 0 Å². The van der Waals surface area contributed by atoms with Gasteiger partial charge in [0.25, 0.3) is 0 Å². The maximum Gasteiger partial charge on any atom is 0.307 e. The molecular weight excluding hydrogens is 365 g/mol. The van der Waals surface area contributed by atoms with Gasteiger partial charge in [0.15, 0.2) is 0 Å². The van der Waals surface area contributed by atoms with E-state index in [0.29, 0.717) is 18.8 Å². The number of fused-ring (bicyclic) bond motifs is 1. The van der Waals surface area contributed by atoms with Crippen LogP contribution < -0.4 is 14.8 Å². The number of carboxylic acids is 1. The number of ether oxygens (including phenoxy) is 2. The minimum atomic E-state index is -0.847. The number of hydrogen-bond acceptors (Lipinski definition) is 5. The van der Waals surface area contributed by atoms with E-state index < -0.39 is 12.1 Å². The highest BCUT2D eigenvalue weighted by atomic mass is 19.1. The molecule has 0 spiro atoms. The smallest absolute Gasteiger partial charge is 0.307 e. The third-order valence-electron chi connectivity index (χ3n) is 4.52. The molecule has 1 heterocycles. The van der Waals surface area contributed by atoms with Crippen LogP contribution >= 0.6 is 0 Å². The maximum atomic E-state index is 12.8. The van der Waals surface area contributed by atoms with Crippen molar-refractivity contribution in [2.45, 2.75) is 31.5 Å². The van der Waals surface area contributed by atoms with Crippen LogP contribution in [0.4, 0.5) is 4.39 Å². The number of aryl methyl sites for hydroxylation is 1. The zero-order valence-corrected chi connectivity index (χ0v) is 15.4. The third-order valence-corrected chi connectivity index (χ3v) is 4.52. The Morgan fingerprint density at radius 1 is 1.29 bits per heavy atom. The summed E-state index contributed by atoms with van der Waals surface area (Å²) in [5.74, 6) is 0.116. The van der Waals surface area contributed by atoms with E-state index in [-0.39, 0.29) is 24.9 Å². The van der Waals surface area contributed by atoms with E-state index in [1.54, 1.807) is 6.07 Å². The first kappa shape index (κ1) is 20.1. The molecule has 0 radical (unpaired) electrons. The summed E-state index contributed by atoms with van der Waals surface area (Å²) in [6, 6.07) is 11.1. The topological polar surface area (TPSA) is 88.0 Å². The van der Waals surface area contributed by atoms with Gasteiger partial charge in [-0.25, -0.2) is 4.39 Å². The minimum Gasteiger partial charge on any atom is -0.491 e. The molecule has 6 nitrogen and oxygen atoms in total. The second-order valence-corrected chi connectivity index (χ2v) is 6.87. The molecule has 3 rings (SSSR count). The van der Waals surface area contributed by atoms with E-state index in [9.17, 15) is 14.3 Å². The number of hydrogen-bond donors (Lipinski definition) is 3. The molecule has 2 atom stereocenters. The van der Waals surface area contributed by atoms with Gasteiger partial charge in [0, 0.05) is 13.1 Å². The SMILES string of the molecule is O=C(O)Cc1ccc2c(c1)CCC(CNCC(O)COc1ccc(F)cc1)O2. The van der Waals surface area contributed by atoms with Crippen molar-refractivity contribution >= 4 is 5.97 Å². The molecule has 0 aliphatic carbocycles. The lowest BCUT2D eigenvalue weighted by atomic mass is 9.99. The van der Waals surface area contributed by atoms with Gasteiger partial charge >= 0.3 is 5.97 Å². The van der Waals surface area contributed by atoms with Crippen molar-refractivity contribution in [3.8, 4) is 11.5 Å². The molecule has 0 bridgehead atoms. The lowest BCUT2D eigenvalue weighted by Crippen LogP contribution is -2.39. The Kier molecular flexibility index (Phi) is 6.84. The summed E-state index contributed by atoms with van der Waals surface area (Å²) >= 11 is 0. The van der Waals surface area contributed by atoms with E-state index >= 15 is 0 Å². The summed E-state index contributed by atoms with van der Waals surface area (Å²) < 4.78 is 24.2. The van der Waals surface area contributed by atoms with Crippen LogP contribution in [0.1, 0.15) is 17.5 Å². The number of nitrogens with one attached hydrogen (secondary N) is 1. The van der Waals surface area contributed by atoms with Gasteiger partial charge in [-0.1, -0.05) is 12.1 Å². The van der Waals surface area contributed by atoms with Crippen molar-refractivity contribution in [2.75, 3.05) is 19.7 Å². The Bertz CT molecular complexity index is 796. The summed E-state index contributed by atoms with van der Waals surface area (Å²) in [6.07, 6.45) is 0.947. The highest BCUT2D eigenvalue weighted by Gasteiger charge is 2.20. The van der Waals surface area contributed by atoms with Gasteiger partial charge in [0.1, 0.15) is 36.1 Å². The van der Waals surface area contributed by atoms with Crippen LogP contribution in [0.2, 0.25) is 0 Å². The fourth-order valence-corrected chi connectivity index (χ4v) is 3.12. The largest absolute Gasteiger partial charge is 0.491 e. The summed E-state index contributed by atoms with van der Waals surface area (Å²) in [5, 5.41) is 22.1. The van der Waals surface area contributed by atoms with E-state index in [1.165, 1.54) is 24.3 Å². The number of benzene rings is 2. The normalized spacial score (nSPS) is 16.7. The third kappa shape index (κ3) is 5.94. The molecule has 2 aromatic rings. The van der Waals surface area contributed by atoms with Crippen LogP contribution in [-0.2, 0) is 17.6 Å². The van der Waals surface area contributed by atoms with E-state index in [2.05, 4.69) is 5.32 Å². The van der Waals surface area contributed by atoms with E-state index in [1.807, 2.05) is 12.1 Å². The fourth-order valence-electron chi connectivity index (χ4n) is 3.12. The monoisotopic (exact) mass is 389 g/mol. The summed E-state index contributed by atoms with van der Waals surface area (Å²) in [7, 11) is 0. The number of aliphatic carboxylic acids is 1. The van der Waals surface area contributed by atoms with Gasteiger partial charge in [0.2, 0.25) is 0 Å². The number of rotatable bonds is 9. The molecule has 1 aliphatic heterocycles. The number of aliphatic hydroxyl groups excluding tert-OH is 1. The standard InChI is InChI=1S/C21H24FNO5/c22-16-3-6-18(7-4-16)27-13-17(24)11-23-12-19-5-2-15-9-14(10-21(25)26)1-8-20(15)28-19/h1,3-4,6-9,17,19,23-24H,2,5,10-13H2,(H,25,26). The van der Waals surface area contributed by atoms with E-state index in [0.717, 1.165) is 29.7 Å². The first-order valence-corrected chi connectivity index (χ1v) is 9.27. The average Bonchev–Trinajstić information content (AvgIpc) is 2.67. The van der Waals surface area contributed by atoms with Crippen molar-refractivity contribution in [3.05, 3.63) is 59.4 Å². The molecule has 0 fully saturated rings. The zero-order chi connectivity index (χ0) is 19.9. The van der Waals surface area contributed by atoms with Gasteiger partial charge in [-0.2, -0.15) is 0 Å². The van der Waals surface area contributed by atoms with Crippen molar-refractivity contribution in [2.24, 2.45) is 0 Å². The van der Waals surface area contributed by atoms with Crippen molar-refractivity contribution in [3.63, 3.8) is 0 Å². The van der Waals surface area contributed by atoms with Crippen molar-refractivity contribution in [1.82, 2.24) is 5.32 Å². The maximum absolute atomic E-state index is 12.8. The Morgan fingerprint density at radius 2 is 2.07 bits per heavy atom. The van der Waals surface area contributed by atoms with Crippen LogP contribution in [0, 0.1) is 5.82 Å². The molecule has 0 saturated heterocycles. The van der Waals surface area contributed by atoms with Gasteiger partial charge in [0.05, 0.1) is 6.42 Å². The van der Waals surface area contributed by atoms with Gasteiger partial charge in [-0.15, -0.1) is 0 Å². The fraction of sp³-hybridized carbons (Fsp3) is 0.381. The zero-order valence-electron chi connectivity index (χ0n) is 15.4. The lowest BCUT2D eigenvalue weighted by Gasteiger charge is -2.27. The summed E-state index contributed by atoms with van der Waals surface area (Å²) in [6.45, 7) is 1.05. The van der Waals surface area contributed by atoms with Crippen LogP contribution in [0.15, 0.2) is 42.5 Å². The molecule has 0 saturated carbocycles. The number of halogens is 1. The molecule has 2 unspecified atom stereocenters. The molecule has 3 N–H and O–H groups in total. The molecule has 28 heavy (non-hydrogen) atoms. The van der Waals surface area contributed by atoms with Crippen LogP contribution in [0.5, 0.6) is 11.5 Å². The molecule has 150 valence electrons. The molecule has 1 aliphatic rings. The number of carboxylic acid groups (broad SMARTS) is 1. The molecule has 0 amide bonds. The Hall–Kier alpha value is -2.64. The lowest BCUT2D eigenvalue weighted by molar-refractivity contribution is -0.136. The Balaban J connectivity index is 1.38. The summed E-state index contributed by atoms with van der Waals surface area (Å²) in [4.78, 5) is 10.8. The number of aliphatic hydroxyl groups is 1. The highest BCUT2D eigenvalue weighted by Crippen LogP contribution is 2.28. The van der Waals surface area contributed by atoms with Gasteiger partial charge < -0.3 is 25.0 Å². The quantitative estimate of drug-likeness (QED) is 0.609. The van der Waals surface area contributed by atoms with Crippen molar-refractivity contribution < 1.29 is 28.9 Å². The Labute approximate surface area is 162 Å². The van der Waals surface area contributed by atoms with Gasteiger partial charge in [-0.3, -0.25) is 4.79 Å². The summed E-state index contributed by atoms with van der Waals surface area (Å²) in [5.41, 5.74) is 1.80. The Morgan fingerprint density at radius 3 is 2.82 bits per heavy atom. The second-order valence-electron chi connectivity index (χ2n) is 6.87. The number of carbonyl (C=O) groups is 1. The minimum absolute atomic E-state index is 0.0101. The molecule has 2 aromatic carbocycles. The van der Waals surface area contributed by atoms with Crippen LogP contribution in [0.3, 0.4) is 0 Å². The predicted octanol–water partition coefficient (Wildman–Crippen LogP) is 2.18. The second kappa shape index (κ2) is 9.52. The van der Waals surface area contributed by atoms with Crippen LogP contribution in [0.25, 0.3) is 0 Å². The predicted molar refractivity (Wildman–Crippen MR) is 101 cm³/mol. The molecule has 0 aromatic heterocycles. The molecular formula is C21H24FNO5. The first-order chi connectivity index (χ1) is 13.5. The first-order valence-electron chi connectivity index (χ1n) is 9.27. The van der Waals surface area contributed by atoms with E-state index in [4.69, 9.17) is 14.6 Å². The van der Waals surface area contributed by atoms with Gasteiger partial charge in [-0.05, 0) is 54.3 Å². The average molecular weight is 389 g/mol. The van der Waals surface area contributed by atoms with Crippen LogP contribution in [-0.4, -0.2) is 48.1 Å².